The Labute approximate surface area is 101 Å². The molecule has 4 nitrogen and oxygen atoms in total. The number of benzene rings is 1. The smallest absolute Gasteiger partial charge is 0.389 e. The van der Waals surface area contributed by atoms with Gasteiger partial charge in [-0.1, -0.05) is 6.07 Å². The van der Waals surface area contributed by atoms with Crippen LogP contribution in [0.15, 0.2) is 18.2 Å². The minimum atomic E-state index is -3.14. The second kappa shape index (κ2) is 4.04. The summed E-state index contributed by atoms with van der Waals surface area (Å²) in [5.74, 6) is 1.27. The predicted molar refractivity (Wildman–Crippen MR) is 65.9 cm³/mol. The second-order valence-corrected chi connectivity index (χ2v) is 6.98. The first-order valence-corrected chi connectivity index (χ1v) is 7.11. The lowest BCUT2D eigenvalue weighted by molar-refractivity contribution is 0.270. The Morgan fingerprint density at radius 1 is 1.41 bits per heavy atom. The molecule has 5 heteroatoms. The molecule has 0 bridgehead atoms. The second-order valence-electron chi connectivity index (χ2n) is 4.43. The molecule has 1 aromatic rings. The molecule has 0 fully saturated rings. The van der Waals surface area contributed by atoms with E-state index in [1.54, 1.807) is 13.2 Å². The Bertz CT molecular complexity index is 481. The van der Waals surface area contributed by atoms with Gasteiger partial charge in [0.05, 0.1) is 13.7 Å². The molecule has 0 amide bonds. The molecule has 1 atom stereocenters. The van der Waals surface area contributed by atoms with Gasteiger partial charge in [0.25, 0.3) is 0 Å². The summed E-state index contributed by atoms with van der Waals surface area (Å²) in [6.45, 7) is 5.93. The molecule has 17 heavy (non-hydrogen) atoms. The lowest BCUT2D eigenvalue weighted by Crippen LogP contribution is -2.15. The van der Waals surface area contributed by atoms with Gasteiger partial charge in [0, 0.05) is 11.6 Å². The highest BCUT2D eigenvalue weighted by Gasteiger charge is 2.53. The van der Waals surface area contributed by atoms with Crippen molar-refractivity contribution in [3.63, 3.8) is 0 Å². The quantitative estimate of drug-likeness (QED) is 0.776. The monoisotopic (exact) mass is 256 g/mol. The van der Waals surface area contributed by atoms with E-state index in [1.165, 1.54) is 0 Å². The van der Waals surface area contributed by atoms with Crippen LogP contribution in [-0.4, -0.2) is 13.7 Å². The topological polar surface area (TPSA) is 44.8 Å². The maximum absolute atomic E-state index is 12.6. The first-order chi connectivity index (χ1) is 7.94. The zero-order valence-electron chi connectivity index (χ0n) is 10.5. The summed E-state index contributed by atoms with van der Waals surface area (Å²) in [5.41, 5.74) is 0.898. The molecule has 0 radical (unpaired) electrons. The first-order valence-electron chi connectivity index (χ1n) is 5.57. The Kier molecular flexibility index (Phi) is 2.96. The highest BCUT2D eigenvalue weighted by Crippen LogP contribution is 2.70. The Morgan fingerprint density at radius 2 is 2.12 bits per heavy atom. The maximum atomic E-state index is 12.6. The van der Waals surface area contributed by atoms with Crippen LogP contribution in [0.3, 0.4) is 0 Å². The molecule has 0 aromatic heterocycles. The summed E-state index contributed by atoms with van der Waals surface area (Å²) in [4.78, 5) is 0. The van der Waals surface area contributed by atoms with Crippen LogP contribution < -0.4 is 9.26 Å². The largest absolute Gasteiger partial charge is 0.497 e. The lowest BCUT2D eigenvalue weighted by atomic mass is 10.0. The molecule has 1 aliphatic heterocycles. The molecule has 1 unspecified atom stereocenters. The summed E-state index contributed by atoms with van der Waals surface area (Å²) >= 11 is 0. The van der Waals surface area contributed by atoms with E-state index in [0.29, 0.717) is 18.1 Å². The van der Waals surface area contributed by atoms with E-state index in [0.717, 1.165) is 5.56 Å². The van der Waals surface area contributed by atoms with Gasteiger partial charge < -0.3 is 9.26 Å². The molecule has 2 rings (SSSR count). The van der Waals surface area contributed by atoms with E-state index in [1.807, 2.05) is 32.9 Å². The van der Waals surface area contributed by atoms with Gasteiger partial charge in [0.1, 0.15) is 16.7 Å². The molecule has 94 valence electrons. The summed E-state index contributed by atoms with van der Waals surface area (Å²) in [7, 11) is -1.55. The van der Waals surface area contributed by atoms with Crippen LogP contribution in [0.1, 0.15) is 26.3 Å². The van der Waals surface area contributed by atoms with E-state index < -0.39 is 12.8 Å². The number of rotatable bonds is 3. The van der Waals surface area contributed by atoms with Crippen LogP contribution >= 0.6 is 7.60 Å². The molecular formula is C12H17O4P. The Hall–Kier alpha value is -0.990. The molecule has 1 aliphatic rings. The highest BCUT2D eigenvalue weighted by atomic mass is 31.2. The van der Waals surface area contributed by atoms with Crippen molar-refractivity contribution in [1.29, 1.82) is 0 Å². The van der Waals surface area contributed by atoms with Gasteiger partial charge in [-0.25, -0.2) is 4.57 Å². The standard InChI is InChI=1S/C12H17O4P/c1-5-15-17(13)12(2,3)10-7-6-9(14-4)8-11(10)16-17/h6-8H,5H2,1-4H3. The molecule has 0 saturated carbocycles. The van der Waals surface area contributed by atoms with E-state index in [2.05, 4.69) is 0 Å². The average molecular weight is 256 g/mol. The van der Waals surface area contributed by atoms with Crippen LogP contribution in [0.2, 0.25) is 0 Å². The first kappa shape index (κ1) is 12.5. The van der Waals surface area contributed by atoms with Crippen molar-refractivity contribution in [3.8, 4) is 11.5 Å². The average Bonchev–Trinajstić information content (AvgIpc) is 2.47. The zero-order chi connectivity index (χ0) is 12.7. The van der Waals surface area contributed by atoms with Crippen LogP contribution in [0, 0.1) is 0 Å². The summed E-state index contributed by atoms with van der Waals surface area (Å²) in [6.07, 6.45) is 0. The van der Waals surface area contributed by atoms with Crippen molar-refractivity contribution in [2.24, 2.45) is 0 Å². The molecule has 0 aliphatic carbocycles. The van der Waals surface area contributed by atoms with Crippen molar-refractivity contribution in [2.45, 2.75) is 25.9 Å². The van der Waals surface area contributed by atoms with E-state index in [4.69, 9.17) is 13.8 Å². The Morgan fingerprint density at radius 3 is 2.71 bits per heavy atom. The maximum Gasteiger partial charge on any atom is 0.389 e. The molecule has 1 aromatic carbocycles. The molecule has 1 heterocycles. The minimum absolute atomic E-state index is 0.367. The fourth-order valence-electron chi connectivity index (χ4n) is 1.96. The van der Waals surface area contributed by atoms with E-state index >= 15 is 0 Å². The predicted octanol–water partition coefficient (Wildman–Crippen LogP) is 3.55. The van der Waals surface area contributed by atoms with Gasteiger partial charge in [-0.2, -0.15) is 0 Å². The van der Waals surface area contributed by atoms with Gasteiger partial charge in [-0.15, -0.1) is 0 Å². The molecule has 0 spiro atoms. The molecular weight excluding hydrogens is 239 g/mol. The van der Waals surface area contributed by atoms with Gasteiger partial charge >= 0.3 is 7.60 Å². The number of ether oxygens (including phenoxy) is 1. The number of methoxy groups -OCH3 is 1. The van der Waals surface area contributed by atoms with Crippen LogP contribution in [-0.2, 0) is 14.2 Å². The van der Waals surface area contributed by atoms with Crippen molar-refractivity contribution in [2.75, 3.05) is 13.7 Å². The zero-order valence-corrected chi connectivity index (χ0v) is 11.4. The fraction of sp³-hybridized carbons (Fsp3) is 0.500. The summed E-state index contributed by atoms with van der Waals surface area (Å²) < 4.78 is 28.7. The third-order valence-corrected chi connectivity index (χ3v) is 5.70. The van der Waals surface area contributed by atoms with Crippen molar-refractivity contribution < 1.29 is 18.3 Å². The van der Waals surface area contributed by atoms with E-state index in [-0.39, 0.29) is 0 Å². The number of hydrogen-bond donors (Lipinski definition) is 0. The van der Waals surface area contributed by atoms with Gasteiger partial charge in [-0.3, -0.25) is 4.52 Å². The van der Waals surface area contributed by atoms with Crippen LogP contribution in [0.5, 0.6) is 11.5 Å². The van der Waals surface area contributed by atoms with Crippen LogP contribution in [0.25, 0.3) is 0 Å². The van der Waals surface area contributed by atoms with Crippen LogP contribution in [0.4, 0.5) is 0 Å². The fourth-order valence-corrected chi connectivity index (χ4v) is 3.79. The third kappa shape index (κ3) is 1.76. The van der Waals surface area contributed by atoms with Gasteiger partial charge in [0.15, 0.2) is 0 Å². The third-order valence-electron chi connectivity index (χ3n) is 3.05. The van der Waals surface area contributed by atoms with E-state index in [9.17, 15) is 4.57 Å². The SMILES string of the molecule is CCOP1(=O)Oc2cc(OC)ccc2C1(C)C. The number of fused-ring (bicyclic) bond motifs is 1. The van der Waals surface area contributed by atoms with Gasteiger partial charge in [-0.05, 0) is 26.8 Å². The highest BCUT2D eigenvalue weighted by molar-refractivity contribution is 7.56. The minimum Gasteiger partial charge on any atom is -0.497 e. The van der Waals surface area contributed by atoms with Gasteiger partial charge in [0.2, 0.25) is 0 Å². The normalized spacial score (nSPS) is 25.2. The molecule has 0 N–H and O–H groups in total. The Balaban J connectivity index is 2.49. The number of hydrogen-bond acceptors (Lipinski definition) is 4. The van der Waals surface area contributed by atoms with Crippen molar-refractivity contribution in [3.05, 3.63) is 23.8 Å². The lowest BCUT2D eigenvalue weighted by Gasteiger charge is -2.24. The van der Waals surface area contributed by atoms with Crippen molar-refractivity contribution >= 4 is 7.60 Å². The molecule has 0 saturated heterocycles. The summed E-state index contributed by atoms with van der Waals surface area (Å²) in [6, 6.07) is 5.47. The summed E-state index contributed by atoms with van der Waals surface area (Å²) in [5, 5.41) is -0.620. The van der Waals surface area contributed by atoms with Crippen molar-refractivity contribution in [1.82, 2.24) is 0 Å².